The SMILES string of the molecule is COc1ccc2c(n1)COC[C@@H]2N(C)C(=O)OCC1c2ccccc2-c2ccccc21. The summed E-state index contributed by atoms with van der Waals surface area (Å²) in [6.45, 7) is 1.10. The van der Waals surface area contributed by atoms with Gasteiger partial charge in [-0.2, -0.15) is 0 Å². The molecular formula is C25H24N2O4. The van der Waals surface area contributed by atoms with Crippen LogP contribution in [0.25, 0.3) is 11.1 Å². The van der Waals surface area contributed by atoms with Crippen molar-refractivity contribution in [3.63, 3.8) is 0 Å². The minimum atomic E-state index is -0.376. The van der Waals surface area contributed by atoms with E-state index in [1.807, 2.05) is 36.4 Å². The van der Waals surface area contributed by atoms with Gasteiger partial charge in [0.1, 0.15) is 6.61 Å². The molecule has 158 valence electrons. The van der Waals surface area contributed by atoms with Gasteiger partial charge in [0.25, 0.3) is 0 Å². The Bertz CT molecular complexity index is 1080. The summed E-state index contributed by atoms with van der Waals surface area (Å²) in [4.78, 5) is 19.0. The van der Waals surface area contributed by atoms with E-state index in [-0.39, 0.29) is 18.1 Å². The molecule has 1 atom stereocenters. The Labute approximate surface area is 181 Å². The van der Waals surface area contributed by atoms with Crippen LogP contribution in [-0.4, -0.2) is 43.3 Å². The van der Waals surface area contributed by atoms with Gasteiger partial charge in [0.2, 0.25) is 5.88 Å². The fraction of sp³-hybridized carbons (Fsp3) is 0.280. The summed E-state index contributed by atoms with van der Waals surface area (Å²) in [5.41, 5.74) is 6.56. The zero-order chi connectivity index (χ0) is 21.4. The predicted molar refractivity (Wildman–Crippen MR) is 116 cm³/mol. The van der Waals surface area contributed by atoms with E-state index in [1.54, 1.807) is 19.1 Å². The van der Waals surface area contributed by atoms with Crippen LogP contribution in [0.15, 0.2) is 60.7 Å². The van der Waals surface area contributed by atoms with Crippen LogP contribution in [-0.2, 0) is 16.1 Å². The Morgan fingerprint density at radius 2 is 1.71 bits per heavy atom. The molecule has 2 aromatic carbocycles. The molecule has 0 fully saturated rings. The Kier molecular flexibility index (Phi) is 5.08. The van der Waals surface area contributed by atoms with E-state index in [0.717, 1.165) is 11.3 Å². The van der Waals surface area contributed by atoms with Crippen molar-refractivity contribution >= 4 is 6.09 Å². The first-order chi connectivity index (χ1) is 15.2. The molecule has 0 radical (unpaired) electrons. The van der Waals surface area contributed by atoms with Gasteiger partial charge in [-0.15, -0.1) is 0 Å². The number of amides is 1. The number of carbonyl (C=O) groups is 1. The Morgan fingerprint density at radius 3 is 2.39 bits per heavy atom. The molecule has 2 aliphatic rings. The normalized spacial score (nSPS) is 16.8. The molecule has 5 rings (SSSR count). The quantitative estimate of drug-likeness (QED) is 0.625. The van der Waals surface area contributed by atoms with E-state index in [1.165, 1.54) is 22.3 Å². The number of hydrogen-bond donors (Lipinski definition) is 0. The predicted octanol–water partition coefficient (Wildman–Crippen LogP) is 4.54. The summed E-state index contributed by atoms with van der Waals surface area (Å²) < 4.78 is 16.7. The molecule has 1 aliphatic carbocycles. The zero-order valence-electron chi connectivity index (χ0n) is 17.6. The number of ether oxygens (including phenoxy) is 3. The lowest BCUT2D eigenvalue weighted by atomic mass is 9.98. The minimum Gasteiger partial charge on any atom is -0.481 e. The van der Waals surface area contributed by atoms with E-state index in [2.05, 4.69) is 29.2 Å². The highest BCUT2D eigenvalue weighted by Gasteiger charge is 2.32. The van der Waals surface area contributed by atoms with Gasteiger partial charge in [0.15, 0.2) is 0 Å². The summed E-state index contributed by atoms with van der Waals surface area (Å²) >= 11 is 0. The second-order valence-electron chi connectivity index (χ2n) is 7.84. The first-order valence-corrected chi connectivity index (χ1v) is 10.4. The summed E-state index contributed by atoms with van der Waals surface area (Å²) in [6, 6.07) is 20.1. The lowest BCUT2D eigenvalue weighted by Gasteiger charge is -2.32. The van der Waals surface area contributed by atoms with Crippen LogP contribution in [0, 0.1) is 0 Å². The number of carbonyl (C=O) groups excluding carboxylic acids is 1. The van der Waals surface area contributed by atoms with Gasteiger partial charge in [0.05, 0.1) is 32.1 Å². The van der Waals surface area contributed by atoms with Crippen molar-refractivity contribution < 1.29 is 19.0 Å². The van der Waals surface area contributed by atoms with Crippen LogP contribution in [0.4, 0.5) is 4.79 Å². The Balaban J connectivity index is 1.33. The van der Waals surface area contributed by atoms with Gasteiger partial charge in [-0.25, -0.2) is 9.78 Å². The lowest BCUT2D eigenvalue weighted by Crippen LogP contribution is -2.37. The standard InChI is InChI=1S/C25H24N2O4/c1-27(23-15-30-14-22-20(23)11-12-24(26-22)29-2)25(28)31-13-21-18-9-5-3-7-16(18)17-8-4-6-10-19(17)21/h3-12,21,23H,13-15H2,1-2H3/t23-/m0/s1. The maximum atomic E-state index is 13.0. The van der Waals surface area contributed by atoms with Crippen LogP contribution in [0.1, 0.15) is 34.3 Å². The first kappa shape index (κ1) is 19.6. The van der Waals surface area contributed by atoms with E-state index in [4.69, 9.17) is 14.2 Å². The molecule has 2 heterocycles. The molecule has 0 saturated carbocycles. The monoisotopic (exact) mass is 416 g/mol. The number of nitrogens with zero attached hydrogens (tertiary/aromatic N) is 2. The summed E-state index contributed by atoms with van der Waals surface area (Å²) in [6.07, 6.45) is -0.376. The van der Waals surface area contributed by atoms with Gasteiger partial charge in [0, 0.05) is 24.6 Å². The zero-order valence-corrected chi connectivity index (χ0v) is 17.6. The molecule has 31 heavy (non-hydrogen) atoms. The average molecular weight is 416 g/mol. The maximum Gasteiger partial charge on any atom is 0.410 e. The number of likely N-dealkylation sites (N-methyl/N-ethyl adjacent to an activating group) is 1. The highest BCUT2D eigenvalue weighted by Crippen LogP contribution is 2.44. The number of pyridine rings is 1. The molecule has 6 heteroatoms. The van der Waals surface area contributed by atoms with Crippen molar-refractivity contribution in [3.8, 4) is 17.0 Å². The number of fused-ring (bicyclic) bond motifs is 4. The summed E-state index contributed by atoms with van der Waals surface area (Å²) in [5.74, 6) is 0.567. The van der Waals surface area contributed by atoms with Crippen LogP contribution in [0.5, 0.6) is 5.88 Å². The minimum absolute atomic E-state index is 0.0329. The van der Waals surface area contributed by atoms with Crippen molar-refractivity contribution in [2.45, 2.75) is 18.6 Å². The van der Waals surface area contributed by atoms with Gasteiger partial charge in [-0.05, 0) is 28.3 Å². The van der Waals surface area contributed by atoms with E-state index in [0.29, 0.717) is 25.7 Å². The van der Waals surface area contributed by atoms with Gasteiger partial charge < -0.3 is 19.1 Å². The molecular weight excluding hydrogens is 392 g/mol. The van der Waals surface area contributed by atoms with E-state index < -0.39 is 0 Å². The van der Waals surface area contributed by atoms with Crippen LogP contribution >= 0.6 is 0 Å². The van der Waals surface area contributed by atoms with Gasteiger partial charge in [-0.1, -0.05) is 48.5 Å². The molecule has 0 saturated heterocycles. The number of hydrogen-bond acceptors (Lipinski definition) is 5. The first-order valence-electron chi connectivity index (χ1n) is 10.4. The molecule has 1 aliphatic heterocycles. The number of benzene rings is 2. The largest absolute Gasteiger partial charge is 0.481 e. The molecule has 0 N–H and O–H groups in total. The smallest absolute Gasteiger partial charge is 0.410 e. The number of rotatable bonds is 4. The molecule has 0 bridgehead atoms. The third-order valence-corrected chi connectivity index (χ3v) is 6.16. The van der Waals surface area contributed by atoms with Gasteiger partial charge >= 0.3 is 6.09 Å². The van der Waals surface area contributed by atoms with Crippen molar-refractivity contribution in [3.05, 3.63) is 83.0 Å². The second-order valence-corrected chi connectivity index (χ2v) is 7.84. The molecule has 1 aromatic heterocycles. The number of methoxy groups -OCH3 is 1. The fourth-order valence-electron chi connectivity index (χ4n) is 4.53. The molecule has 3 aromatic rings. The van der Waals surface area contributed by atoms with Crippen molar-refractivity contribution in [2.75, 3.05) is 27.4 Å². The summed E-state index contributed by atoms with van der Waals surface area (Å²) in [7, 11) is 3.32. The highest BCUT2D eigenvalue weighted by molar-refractivity contribution is 5.79. The Hall–Kier alpha value is -3.38. The van der Waals surface area contributed by atoms with E-state index in [9.17, 15) is 4.79 Å². The topological polar surface area (TPSA) is 60.9 Å². The maximum absolute atomic E-state index is 13.0. The third kappa shape index (κ3) is 3.43. The van der Waals surface area contributed by atoms with Crippen molar-refractivity contribution in [1.82, 2.24) is 9.88 Å². The average Bonchev–Trinajstić information content (AvgIpc) is 3.15. The van der Waals surface area contributed by atoms with Crippen molar-refractivity contribution in [2.24, 2.45) is 0 Å². The van der Waals surface area contributed by atoms with Crippen LogP contribution < -0.4 is 4.74 Å². The van der Waals surface area contributed by atoms with Crippen LogP contribution in [0.3, 0.4) is 0 Å². The van der Waals surface area contributed by atoms with Crippen LogP contribution in [0.2, 0.25) is 0 Å². The Morgan fingerprint density at radius 1 is 1.03 bits per heavy atom. The molecule has 1 amide bonds. The highest BCUT2D eigenvalue weighted by atomic mass is 16.6. The molecule has 6 nitrogen and oxygen atoms in total. The second kappa shape index (κ2) is 8.04. The van der Waals surface area contributed by atoms with Gasteiger partial charge in [-0.3, -0.25) is 0 Å². The third-order valence-electron chi connectivity index (χ3n) is 6.16. The number of aromatic nitrogens is 1. The van der Waals surface area contributed by atoms with E-state index >= 15 is 0 Å². The molecule has 0 spiro atoms. The summed E-state index contributed by atoms with van der Waals surface area (Å²) in [5, 5.41) is 0. The fourth-order valence-corrected chi connectivity index (χ4v) is 4.53. The molecule has 0 unspecified atom stereocenters. The lowest BCUT2D eigenvalue weighted by molar-refractivity contribution is 0.0301. The van der Waals surface area contributed by atoms with Crippen molar-refractivity contribution in [1.29, 1.82) is 0 Å².